The molecule has 0 saturated carbocycles. The van der Waals surface area contributed by atoms with E-state index in [0.29, 0.717) is 57.3 Å². The zero-order valence-electron chi connectivity index (χ0n) is 21.9. The molecular formula is C28H41FN4O3S. The Balaban J connectivity index is 1.50. The molecule has 0 aliphatic carbocycles. The van der Waals surface area contributed by atoms with Crippen LogP contribution in [-0.4, -0.2) is 74.4 Å². The third-order valence-electron chi connectivity index (χ3n) is 6.78. The number of carbonyl (C=O) groups excluding carboxylic acids is 1. The van der Waals surface area contributed by atoms with Crippen LogP contribution in [0.3, 0.4) is 0 Å². The number of benzene rings is 2. The van der Waals surface area contributed by atoms with Gasteiger partial charge in [-0.2, -0.15) is 4.31 Å². The number of amides is 2. The van der Waals surface area contributed by atoms with Crippen LogP contribution in [0.2, 0.25) is 0 Å². The summed E-state index contributed by atoms with van der Waals surface area (Å²) in [7, 11) is -3.49. The summed E-state index contributed by atoms with van der Waals surface area (Å²) in [5.41, 5.74) is 0.870. The predicted molar refractivity (Wildman–Crippen MR) is 145 cm³/mol. The number of hydrogen-bond donors (Lipinski definition) is 1. The Morgan fingerprint density at radius 3 is 2.24 bits per heavy atom. The number of sulfonamides is 1. The molecule has 0 aromatic heterocycles. The molecule has 2 aromatic rings. The minimum absolute atomic E-state index is 0.122. The van der Waals surface area contributed by atoms with E-state index in [2.05, 4.69) is 17.1 Å². The van der Waals surface area contributed by atoms with E-state index in [0.717, 1.165) is 18.4 Å². The molecule has 2 amide bonds. The van der Waals surface area contributed by atoms with Gasteiger partial charge in [0.1, 0.15) is 5.82 Å². The molecule has 1 fully saturated rings. The molecule has 7 nitrogen and oxygen atoms in total. The van der Waals surface area contributed by atoms with Crippen molar-refractivity contribution in [2.24, 2.45) is 0 Å². The van der Waals surface area contributed by atoms with Gasteiger partial charge in [0.15, 0.2) is 0 Å². The van der Waals surface area contributed by atoms with Gasteiger partial charge in [-0.25, -0.2) is 17.6 Å². The van der Waals surface area contributed by atoms with Crippen molar-refractivity contribution < 1.29 is 17.6 Å². The number of hydrogen-bond acceptors (Lipinski definition) is 4. The average Bonchev–Trinajstić information content (AvgIpc) is 2.92. The summed E-state index contributed by atoms with van der Waals surface area (Å²) in [5, 5.41) is 3.05. The van der Waals surface area contributed by atoms with Gasteiger partial charge in [0.25, 0.3) is 0 Å². The number of nitrogens with one attached hydrogen (secondary N) is 1. The summed E-state index contributed by atoms with van der Waals surface area (Å²) in [5.74, 6) is -0.300. The molecule has 0 spiro atoms. The van der Waals surface area contributed by atoms with Crippen LogP contribution in [0.4, 0.5) is 9.18 Å². The maximum Gasteiger partial charge on any atom is 0.317 e. The number of carbonyl (C=O) groups is 1. The van der Waals surface area contributed by atoms with E-state index in [4.69, 9.17) is 0 Å². The van der Waals surface area contributed by atoms with Gasteiger partial charge in [0.05, 0.1) is 4.90 Å². The first kappa shape index (κ1) is 29.1. The van der Waals surface area contributed by atoms with E-state index in [1.54, 1.807) is 47.4 Å². The van der Waals surface area contributed by atoms with Crippen LogP contribution in [0.15, 0.2) is 59.5 Å². The molecule has 1 aliphatic rings. The molecule has 0 atom stereocenters. The fourth-order valence-corrected chi connectivity index (χ4v) is 5.92. The fourth-order valence-electron chi connectivity index (χ4n) is 4.47. The monoisotopic (exact) mass is 532 g/mol. The van der Waals surface area contributed by atoms with E-state index in [1.807, 2.05) is 0 Å². The lowest BCUT2D eigenvalue weighted by Crippen LogP contribution is -2.51. The molecule has 0 unspecified atom stereocenters. The molecule has 1 saturated heterocycles. The second-order valence-electron chi connectivity index (χ2n) is 9.61. The first-order chi connectivity index (χ1) is 17.9. The largest absolute Gasteiger partial charge is 0.338 e. The highest BCUT2D eigenvalue weighted by Gasteiger charge is 2.28. The van der Waals surface area contributed by atoms with Gasteiger partial charge in [-0.3, -0.25) is 4.90 Å². The van der Waals surface area contributed by atoms with Crippen LogP contribution >= 0.6 is 0 Å². The molecule has 1 N–H and O–H groups in total. The lowest BCUT2D eigenvalue weighted by Gasteiger charge is -2.35. The van der Waals surface area contributed by atoms with E-state index < -0.39 is 10.0 Å². The van der Waals surface area contributed by atoms with Crippen molar-refractivity contribution in [1.82, 2.24) is 19.4 Å². The first-order valence-electron chi connectivity index (χ1n) is 13.4. The van der Waals surface area contributed by atoms with Gasteiger partial charge in [-0.05, 0) is 36.2 Å². The number of nitrogens with zero attached hydrogens (tertiary/aromatic N) is 3. The Hall–Kier alpha value is -2.49. The van der Waals surface area contributed by atoms with Crippen molar-refractivity contribution in [3.05, 3.63) is 66.0 Å². The predicted octanol–water partition coefficient (Wildman–Crippen LogP) is 4.70. The van der Waals surface area contributed by atoms with Gasteiger partial charge in [-0.15, -0.1) is 0 Å². The SMILES string of the molecule is CCCCCCCCNC(=O)N(CCN1CCN(S(=O)(=O)c2ccccc2)CC1)Cc1ccc(F)cc1. The Morgan fingerprint density at radius 1 is 0.919 bits per heavy atom. The molecule has 3 rings (SSSR count). The third-order valence-corrected chi connectivity index (χ3v) is 8.69. The molecule has 37 heavy (non-hydrogen) atoms. The quantitative estimate of drug-likeness (QED) is 0.358. The molecule has 0 bridgehead atoms. The van der Waals surface area contributed by atoms with Crippen molar-refractivity contribution in [1.29, 1.82) is 0 Å². The second-order valence-corrected chi connectivity index (χ2v) is 11.5. The van der Waals surface area contributed by atoms with Crippen LogP contribution in [-0.2, 0) is 16.6 Å². The van der Waals surface area contributed by atoms with Crippen LogP contribution < -0.4 is 5.32 Å². The highest BCUT2D eigenvalue weighted by molar-refractivity contribution is 7.89. The van der Waals surface area contributed by atoms with Crippen molar-refractivity contribution in [3.8, 4) is 0 Å². The van der Waals surface area contributed by atoms with Crippen molar-refractivity contribution in [2.45, 2.75) is 56.9 Å². The van der Waals surface area contributed by atoms with Gasteiger partial charge in [-0.1, -0.05) is 69.4 Å². The highest BCUT2D eigenvalue weighted by Crippen LogP contribution is 2.17. The molecule has 204 valence electrons. The Kier molecular flexibility index (Phi) is 11.8. The summed E-state index contributed by atoms with van der Waals surface area (Å²) in [4.78, 5) is 17.3. The maximum atomic E-state index is 13.4. The average molecular weight is 533 g/mol. The normalized spacial score (nSPS) is 15.0. The summed E-state index contributed by atoms with van der Waals surface area (Å²) in [6.45, 7) is 6.43. The van der Waals surface area contributed by atoms with E-state index >= 15 is 0 Å². The van der Waals surface area contributed by atoms with Crippen LogP contribution in [0.25, 0.3) is 0 Å². The van der Waals surface area contributed by atoms with Crippen LogP contribution in [0.1, 0.15) is 51.0 Å². The smallest absolute Gasteiger partial charge is 0.317 e. The summed E-state index contributed by atoms with van der Waals surface area (Å²) >= 11 is 0. The maximum absolute atomic E-state index is 13.4. The number of halogens is 1. The molecular weight excluding hydrogens is 491 g/mol. The Labute approximate surface area is 221 Å². The lowest BCUT2D eigenvalue weighted by molar-refractivity contribution is 0.156. The Bertz CT molecular complexity index is 1040. The van der Waals surface area contributed by atoms with Crippen LogP contribution in [0, 0.1) is 5.82 Å². The molecule has 1 heterocycles. The van der Waals surface area contributed by atoms with E-state index in [9.17, 15) is 17.6 Å². The Morgan fingerprint density at radius 2 is 1.57 bits per heavy atom. The third kappa shape index (κ3) is 9.39. The van der Waals surface area contributed by atoms with Crippen molar-refractivity contribution in [3.63, 3.8) is 0 Å². The van der Waals surface area contributed by atoms with E-state index in [1.165, 1.54) is 42.1 Å². The van der Waals surface area contributed by atoms with Gasteiger partial charge < -0.3 is 10.2 Å². The fraction of sp³-hybridized carbons (Fsp3) is 0.536. The summed E-state index contributed by atoms with van der Waals surface area (Å²) in [6, 6.07) is 14.6. The van der Waals surface area contributed by atoms with Gasteiger partial charge in [0, 0.05) is 52.4 Å². The molecule has 2 aromatic carbocycles. The minimum atomic E-state index is -3.49. The van der Waals surface area contributed by atoms with Gasteiger partial charge in [0.2, 0.25) is 10.0 Å². The summed E-state index contributed by atoms with van der Waals surface area (Å²) in [6.07, 6.45) is 6.96. The highest BCUT2D eigenvalue weighted by atomic mass is 32.2. The number of urea groups is 1. The van der Waals surface area contributed by atoms with Crippen molar-refractivity contribution in [2.75, 3.05) is 45.8 Å². The minimum Gasteiger partial charge on any atom is -0.338 e. The van der Waals surface area contributed by atoms with Crippen molar-refractivity contribution >= 4 is 16.1 Å². The zero-order chi connectivity index (χ0) is 26.5. The molecule has 0 radical (unpaired) electrons. The number of rotatable bonds is 14. The second kappa shape index (κ2) is 15.1. The molecule has 9 heteroatoms. The first-order valence-corrected chi connectivity index (χ1v) is 14.9. The zero-order valence-corrected chi connectivity index (χ0v) is 22.8. The van der Waals surface area contributed by atoms with Gasteiger partial charge >= 0.3 is 6.03 Å². The lowest BCUT2D eigenvalue weighted by atomic mass is 10.1. The van der Waals surface area contributed by atoms with E-state index in [-0.39, 0.29) is 11.8 Å². The topological polar surface area (TPSA) is 73.0 Å². The number of unbranched alkanes of at least 4 members (excludes halogenated alkanes) is 5. The summed E-state index contributed by atoms with van der Waals surface area (Å²) < 4.78 is 40.7. The number of piperazine rings is 1. The standard InChI is InChI=1S/C28H41FN4O3S/c1-2-3-4-5-6-10-17-30-28(34)32(24-25-13-15-26(29)16-14-25)21-18-31-19-22-33(23-20-31)37(35,36)27-11-8-7-9-12-27/h7-9,11-16H,2-6,10,17-24H2,1H3,(H,30,34). The molecule has 1 aliphatic heterocycles. The van der Waals surface area contributed by atoms with Crippen LogP contribution in [0.5, 0.6) is 0 Å².